The van der Waals surface area contributed by atoms with Gasteiger partial charge in [-0.05, 0) is 12.8 Å². The highest BCUT2D eigenvalue weighted by Crippen LogP contribution is 2.07. The molecule has 0 radical (unpaired) electrons. The Bertz CT molecular complexity index is 358. The first kappa shape index (κ1) is 20.0. The van der Waals surface area contributed by atoms with E-state index < -0.39 is 6.04 Å². The van der Waals surface area contributed by atoms with Gasteiger partial charge in [-0.15, -0.1) is 36.2 Å². The number of halogens is 2. The maximum Gasteiger partial charge on any atom is 0.237 e. The van der Waals surface area contributed by atoms with Gasteiger partial charge in [0.15, 0.2) is 0 Å². The molecule has 106 valence electrons. The molecule has 18 heavy (non-hydrogen) atoms. The fourth-order valence-electron chi connectivity index (χ4n) is 1.26. The summed E-state index contributed by atoms with van der Waals surface area (Å²) in [6.07, 6.45) is 0.765. The summed E-state index contributed by atoms with van der Waals surface area (Å²) in [5.41, 5.74) is 6.75. The molecule has 1 aromatic heterocycles. The van der Waals surface area contributed by atoms with Crippen LogP contribution < -0.4 is 11.1 Å². The van der Waals surface area contributed by atoms with Gasteiger partial charge in [-0.25, -0.2) is 4.98 Å². The molecular weight excluding hydrogens is 293 g/mol. The summed E-state index contributed by atoms with van der Waals surface area (Å²) in [6.45, 7) is 6.45. The van der Waals surface area contributed by atoms with Gasteiger partial charge in [0.2, 0.25) is 5.91 Å². The van der Waals surface area contributed by atoms with E-state index in [2.05, 4.69) is 10.3 Å². The monoisotopic (exact) mass is 313 g/mol. The second-order valence-corrected chi connectivity index (χ2v) is 5.23. The van der Waals surface area contributed by atoms with Crippen LogP contribution in [-0.4, -0.2) is 23.5 Å². The van der Waals surface area contributed by atoms with E-state index in [0.717, 1.165) is 17.1 Å². The molecule has 0 fully saturated rings. The highest BCUT2D eigenvalue weighted by molar-refractivity contribution is 7.09. The summed E-state index contributed by atoms with van der Waals surface area (Å²) < 4.78 is 0. The van der Waals surface area contributed by atoms with Crippen molar-refractivity contribution < 1.29 is 4.79 Å². The largest absolute Gasteiger partial charge is 0.354 e. The van der Waals surface area contributed by atoms with Crippen molar-refractivity contribution in [3.8, 4) is 0 Å². The molecular formula is C11H21Cl2N3OS. The van der Waals surface area contributed by atoms with Crippen molar-refractivity contribution >= 4 is 42.1 Å². The lowest BCUT2D eigenvalue weighted by atomic mass is 10.1. The van der Waals surface area contributed by atoms with Crippen LogP contribution in [0.15, 0.2) is 5.38 Å². The minimum Gasteiger partial charge on any atom is -0.354 e. The van der Waals surface area contributed by atoms with E-state index in [9.17, 15) is 4.79 Å². The molecule has 7 heteroatoms. The van der Waals surface area contributed by atoms with Gasteiger partial charge in [-0.1, -0.05) is 13.8 Å². The normalized spacial score (nSPS) is 11.4. The number of nitrogens with zero attached hydrogens (tertiary/aromatic N) is 1. The number of carbonyl (C=O) groups excluding carboxylic acids is 1. The Kier molecular flexibility index (Phi) is 10.6. The zero-order valence-electron chi connectivity index (χ0n) is 10.8. The Labute approximate surface area is 125 Å². The predicted molar refractivity (Wildman–Crippen MR) is 80.9 cm³/mol. The van der Waals surface area contributed by atoms with E-state index in [0.29, 0.717) is 6.54 Å². The van der Waals surface area contributed by atoms with Gasteiger partial charge in [-0.2, -0.15) is 0 Å². The zero-order valence-corrected chi connectivity index (χ0v) is 13.3. The molecule has 0 aromatic carbocycles. The van der Waals surface area contributed by atoms with Crippen LogP contribution in [0.2, 0.25) is 0 Å². The highest BCUT2D eigenvalue weighted by Gasteiger charge is 2.16. The van der Waals surface area contributed by atoms with Gasteiger partial charge in [0.25, 0.3) is 0 Å². The molecule has 0 aliphatic carbocycles. The average Bonchev–Trinajstić information content (AvgIpc) is 2.62. The molecule has 0 saturated carbocycles. The minimum absolute atomic E-state index is 0. The van der Waals surface area contributed by atoms with Gasteiger partial charge in [-0.3, -0.25) is 4.79 Å². The van der Waals surface area contributed by atoms with Crippen LogP contribution in [0.1, 0.15) is 24.5 Å². The molecule has 0 bridgehead atoms. The van der Waals surface area contributed by atoms with E-state index in [4.69, 9.17) is 5.73 Å². The zero-order chi connectivity index (χ0) is 12.1. The second kappa shape index (κ2) is 9.55. The summed E-state index contributed by atoms with van der Waals surface area (Å²) >= 11 is 1.63. The first-order valence-electron chi connectivity index (χ1n) is 5.45. The van der Waals surface area contributed by atoms with Gasteiger partial charge in [0.05, 0.1) is 16.7 Å². The third-order valence-corrected chi connectivity index (χ3v) is 3.19. The van der Waals surface area contributed by atoms with Crippen LogP contribution in [0.3, 0.4) is 0 Å². The van der Waals surface area contributed by atoms with Crippen LogP contribution in [0, 0.1) is 12.8 Å². The van der Waals surface area contributed by atoms with E-state index in [-0.39, 0.29) is 36.6 Å². The number of hydrogen-bond acceptors (Lipinski definition) is 4. The molecule has 0 aliphatic heterocycles. The Hall–Kier alpha value is -0.360. The molecule has 1 amide bonds. The Morgan fingerprint density at radius 1 is 1.50 bits per heavy atom. The van der Waals surface area contributed by atoms with Crippen molar-refractivity contribution in [1.82, 2.24) is 10.3 Å². The number of nitrogens with two attached hydrogens (primary N) is 1. The van der Waals surface area contributed by atoms with Crippen molar-refractivity contribution in [3.05, 3.63) is 16.1 Å². The average molecular weight is 314 g/mol. The standard InChI is InChI=1S/C11H19N3OS.2ClH/c1-7(2)10(12)11(15)13-5-4-9-6-16-8(3)14-9;;/h6-7,10H,4-5,12H2,1-3H3,(H,13,15);2*1H/t10-;;/m0../s1. The molecule has 0 unspecified atom stereocenters. The Morgan fingerprint density at radius 3 is 2.56 bits per heavy atom. The van der Waals surface area contributed by atoms with Gasteiger partial charge < -0.3 is 11.1 Å². The van der Waals surface area contributed by atoms with Crippen LogP contribution in [0.5, 0.6) is 0 Å². The summed E-state index contributed by atoms with van der Waals surface area (Å²) in [5.74, 6) is 0.0865. The van der Waals surface area contributed by atoms with Crippen LogP contribution in [0.25, 0.3) is 0 Å². The molecule has 1 rings (SSSR count). The van der Waals surface area contributed by atoms with Crippen molar-refractivity contribution in [2.75, 3.05) is 6.54 Å². The van der Waals surface area contributed by atoms with Crippen molar-refractivity contribution in [1.29, 1.82) is 0 Å². The SMILES string of the molecule is Cc1nc(CCNC(=O)[C@@H](N)C(C)C)cs1.Cl.Cl. The van der Waals surface area contributed by atoms with Crippen molar-refractivity contribution in [2.45, 2.75) is 33.2 Å². The van der Waals surface area contributed by atoms with Crippen LogP contribution in [-0.2, 0) is 11.2 Å². The van der Waals surface area contributed by atoms with E-state index in [1.807, 2.05) is 26.2 Å². The first-order valence-corrected chi connectivity index (χ1v) is 6.33. The third kappa shape index (κ3) is 6.54. The molecule has 1 aromatic rings. The lowest BCUT2D eigenvalue weighted by molar-refractivity contribution is -0.123. The number of amides is 1. The van der Waals surface area contributed by atoms with E-state index in [1.165, 1.54) is 0 Å². The Balaban J connectivity index is 0. The smallest absolute Gasteiger partial charge is 0.237 e. The number of carbonyl (C=O) groups is 1. The number of hydrogen-bond donors (Lipinski definition) is 2. The molecule has 3 N–H and O–H groups in total. The van der Waals surface area contributed by atoms with E-state index in [1.54, 1.807) is 11.3 Å². The highest BCUT2D eigenvalue weighted by atomic mass is 35.5. The second-order valence-electron chi connectivity index (χ2n) is 4.17. The summed E-state index contributed by atoms with van der Waals surface area (Å²) in [7, 11) is 0. The summed E-state index contributed by atoms with van der Waals surface area (Å²) in [5, 5.41) is 5.90. The van der Waals surface area contributed by atoms with Gasteiger partial charge >= 0.3 is 0 Å². The minimum atomic E-state index is -0.419. The van der Waals surface area contributed by atoms with Gasteiger partial charge in [0, 0.05) is 18.3 Å². The summed E-state index contributed by atoms with van der Waals surface area (Å²) in [6, 6.07) is -0.419. The predicted octanol–water partition coefficient (Wildman–Crippen LogP) is 1.94. The van der Waals surface area contributed by atoms with Gasteiger partial charge in [0.1, 0.15) is 0 Å². The van der Waals surface area contributed by atoms with E-state index >= 15 is 0 Å². The molecule has 0 aliphatic rings. The number of rotatable bonds is 5. The maximum atomic E-state index is 11.5. The topological polar surface area (TPSA) is 68.0 Å². The first-order chi connectivity index (χ1) is 7.50. The van der Waals surface area contributed by atoms with Crippen molar-refractivity contribution in [2.24, 2.45) is 11.7 Å². The fraction of sp³-hybridized carbons (Fsp3) is 0.636. The lowest BCUT2D eigenvalue weighted by Crippen LogP contribution is -2.44. The number of thiazole rings is 1. The van der Waals surface area contributed by atoms with Crippen LogP contribution in [0.4, 0.5) is 0 Å². The quantitative estimate of drug-likeness (QED) is 0.873. The molecule has 4 nitrogen and oxygen atoms in total. The fourth-order valence-corrected chi connectivity index (χ4v) is 1.90. The maximum absolute atomic E-state index is 11.5. The molecule has 0 spiro atoms. The Morgan fingerprint density at radius 2 is 2.11 bits per heavy atom. The molecule has 1 heterocycles. The number of aromatic nitrogens is 1. The molecule has 1 atom stereocenters. The summed E-state index contributed by atoms with van der Waals surface area (Å²) in [4.78, 5) is 15.8. The number of aryl methyl sites for hydroxylation is 1. The lowest BCUT2D eigenvalue weighted by Gasteiger charge is -2.14. The van der Waals surface area contributed by atoms with Crippen LogP contribution >= 0.6 is 36.2 Å². The van der Waals surface area contributed by atoms with Crippen molar-refractivity contribution in [3.63, 3.8) is 0 Å². The number of nitrogens with one attached hydrogen (secondary N) is 1. The molecule has 0 saturated heterocycles. The third-order valence-electron chi connectivity index (χ3n) is 2.37.